The Kier molecular flexibility index (Phi) is 6.51. The molecule has 0 aliphatic heterocycles. The first-order chi connectivity index (χ1) is 16.3. The monoisotopic (exact) mass is 465 g/mol. The number of carbonyl (C=O) groups excluding carboxylic acids is 1. The van der Waals surface area contributed by atoms with E-state index in [0.29, 0.717) is 22.9 Å². The van der Waals surface area contributed by atoms with Gasteiger partial charge in [0.25, 0.3) is 0 Å². The number of halogens is 4. The summed E-state index contributed by atoms with van der Waals surface area (Å²) in [5, 5.41) is 10.5. The van der Waals surface area contributed by atoms with E-state index < -0.39 is 46.1 Å². The van der Waals surface area contributed by atoms with Crippen LogP contribution >= 0.6 is 0 Å². The first kappa shape index (κ1) is 23.2. The van der Waals surface area contributed by atoms with Crippen molar-refractivity contribution in [2.75, 3.05) is 0 Å². The van der Waals surface area contributed by atoms with E-state index in [9.17, 15) is 18.0 Å². The molecule has 0 atom stereocenters. The first-order valence-corrected chi connectivity index (χ1v) is 10.8. The van der Waals surface area contributed by atoms with Gasteiger partial charge in [0.2, 0.25) is 0 Å². The highest BCUT2D eigenvalue weighted by Gasteiger charge is 2.24. The van der Waals surface area contributed by atoms with E-state index in [1.807, 2.05) is 12.1 Å². The van der Waals surface area contributed by atoms with Crippen LogP contribution in [0.3, 0.4) is 0 Å². The minimum atomic E-state index is -1.45. The molecular formula is C27H19F4NO2. The van der Waals surface area contributed by atoms with Gasteiger partial charge in [-0.05, 0) is 40.6 Å². The van der Waals surface area contributed by atoms with Gasteiger partial charge in [0.05, 0.1) is 0 Å². The number of carbonyl (C=O) groups is 1. The molecule has 0 unspecified atom stereocenters. The Hall–Kier alpha value is -3.92. The molecule has 4 aromatic carbocycles. The zero-order valence-electron chi connectivity index (χ0n) is 18.2. The van der Waals surface area contributed by atoms with Crippen LogP contribution in [0.5, 0.6) is 5.75 Å². The van der Waals surface area contributed by atoms with Gasteiger partial charge in [0.15, 0.2) is 0 Å². The van der Waals surface area contributed by atoms with E-state index >= 15 is 4.39 Å². The van der Waals surface area contributed by atoms with Crippen LogP contribution in [0.1, 0.15) is 47.7 Å². The first-order valence-electron chi connectivity index (χ1n) is 10.8. The summed E-state index contributed by atoms with van der Waals surface area (Å²) in [5.41, 5.74) is -0.709. The molecule has 0 N–H and O–H groups in total. The molecule has 0 bridgehead atoms. The van der Waals surface area contributed by atoms with Crippen LogP contribution in [0.25, 0.3) is 21.5 Å². The fourth-order valence-corrected chi connectivity index (χ4v) is 3.98. The number of fused-ring (bicyclic) bond motifs is 3. The standard InChI is InChI=1S/C27H19F4NO2/c1-2-3-4-5-15-6-8-18-16(10-15)7-9-19-20(18)13-24(30)25(26(19)31)27(33)34-17-11-22(28)21(14-32)23(29)12-17/h6-13H,2-5H2,1H3. The van der Waals surface area contributed by atoms with Crippen molar-refractivity contribution < 1.29 is 27.1 Å². The normalized spacial score (nSPS) is 11.1. The van der Waals surface area contributed by atoms with Gasteiger partial charge in [0.1, 0.15) is 46.2 Å². The predicted molar refractivity (Wildman–Crippen MR) is 121 cm³/mol. The Bertz CT molecular complexity index is 1450. The number of nitriles is 1. The summed E-state index contributed by atoms with van der Waals surface area (Å²) in [7, 11) is 0. The molecule has 0 amide bonds. The molecule has 0 saturated heterocycles. The summed E-state index contributed by atoms with van der Waals surface area (Å²) in [5.74, 6) is -6.89. The fraction of sp³-hybridized carbons (Fsp3) is 0.185. The number of benzene rings is 4. The molecule has 0 aliphatic carbocycles. The van der Waals surface area contributed by atoms with Crippen molar-refractivity contribution in [2.24, 2.45) is 0 Å². The summed E-state index contributed by atoms with van der Waals surface area (Å²) < 4.78 is 62.5. The van der Waals surface area contributed by atoms with E-state index in [1.165, 1.54) is 12.1 Å². The van der Waals surface area contributed by atoms with E-state index in [1.54, 1.807) is 12.1 Å². The molecule has 3 nitrogen and oxygen atoms in total. The Morgan fingerprint density at radius 3 is 2.26 bits per heavy atom. The molecule has 0 saturated carbocycles. The average molecular weight is 465 g/mol. The molecule has 0 radical (unpaired) electrons. The highest BCUT2D eigenvalue weighted by atomic mass is 19.1. The number of hydrogen-bond donors (Lipinski definition) is 0. The van der Waals surface area contributed by atoms with Crippen LogP contribution in [0, 0.1) is 34.6 Å². The topological polar surface area (TPSA) is 50.1 Å². The molecular weight excluding hydrogens is 446 g/mol. The van der Waals surface area contributed by atoms with Crippen LogP contribution in [0.4, 0.5) is 17.6 Å². The highest BCUT2D eigenvalue weighted by Crippen LogP contribution is 2.32. The van der Waals surface area contributed by atoms with E-state index in [0.717, 1.165) is 42.7 Å². The molecule has 0 aliphatic rings. The van der Waals surface area contributed by atoms with Crippen molar-refractivity contribution in [3.63, 3.8) is 0 Å². The van der Waals surface area contributed by atoms with Gasteiger partial charge in [-0.2, -0.15) is 5.26 Å². The molecule has 0 fully saturated rings. The van der Waals surface area contributed by atoms with Crippen molar-refractivity contribution in [1.82, 2.24) is 0 Å². The smallest absolute Gasteiger partial charge is 0.349 e. The van der Waals surface area contributed by atoms with Gasteiger partial charge in [0, 0.05) is 17.5 Å². The van der Waals surface area contributed by atoms with Gasteiger partial charge in [-0.15, -0.1) is 0 Å². The SMILES string of the molecule is CCCCCc1ccc2c(ccc3c(F)c(C(=O)Oc4cc(F)c(C#N)c(F)c4)c(F)cc32)c1. The third-order valence-corrected chi connectivity index (χ3v) is 5.70. The molecule has 172 valence electrons. The number of esters is 1. The van der Waals surface area contributed by atoms with Gasteiger partial charge >= 0.3 is 5.97 Å². The average Bonchev–Trinajstić information content (AvgIpc) is 2.78. The summed E-state index contributed by atoms with van der Waals surface area (Å²) in [6, 6.07) is 12.4. The molecule has 7 heteroatoms. The van der Waals surface area contributed by atoms with Crippen LogP contribution in [0.15, 0.2) is 48.5 Å². The zero-order valence-corrected chi connectivity index (χ0v) is 18.2. The van der Waals surface area contributed by atoms with E-state index in [-0.39, 0.29) is 5.39 Å². The molecule has 4 rings (SSSR count). The number of unbranched alkanes of at least 4 members (excludes halogenated alkanes) is 2. The number of nitrogens with zero attached hydrogens (tertiary/aromatic N) is 1. The van der Waals surface area contributed by atoms with Crippen LogP contribution in [-0.4, -0.2) is 5.97 Å². The lowest BCUT2D eigenvalue weighted by molar-refractivity contribution is 0.0724. The lowest BCUT2D eigenvalue weighted by Gasteiger charge is -2.12. The number of ether oxygens (including phenoxy) is 1. The van der Waals surface area contributed by atoms with Crippen molar-refractivity contribution in [3.8, 4) is 11.8 Å². The Morgan fingerprint density at radius 2 is 1.59 bits per heavy atom. The predicted octanol–water partition coefficient (Wildman–Crippen LogP) is 7.37. The van der Waals surface area contributed by atoms with Crippen molar-refractivity contribution in [2.45, 2.75) is 32.6 Å². The lowest BCUT2D eigenvalue weighted by Crippen LogP contribution is -2.14. The van der Waals surface area contributed by atoms with Crippen molar-refractivity contribution in [3.05, 3.63) is 88.5 Å². The Labute approximate surface area is 193 Å². The summed E-state index contributed by atoms with van der Waals surface area (Å²) >= 11 is 0. The summed E-state index contributed by atoms with van der Waals surface area (Å²) in [4.78, 5) is 12.5. The molecule has 0 spiro atoms. The molecule has 0 heterocycles. The fourth-order valence-electron chi connectivity index (χ4n) is 3.98. The maximum atomic E-state index is 15.2. The molecule has 4 aromatic rings. The summed E-state index contributed by atoms with van der Waals surface area (Å²) in [6.45, 7) is 2.13. The van der Waals surface area contributed by atoms with Crippen molar-refractivity contribution in [1.29, 1.82) is 5.26 Å². The van der Waals surface area contributed by atoms with Gasteiger partial charge in [-0.3, -0.25) is 0 Å². The second-order valence-corrected chi connectivity index (χ2v) is 7.98. The maximum absolute atomic E-state index is 15.2. The second kappa shape index (κ2) is 9.52. The van der Waals surface area contributed by atoms with Crippen LogP contribution in [0.2, 0.25) is 0 Å². The maximum Gasteiger partial charge on any atom is 0.349 e. The summed E-state index contributed by atoms with van der Waals surface area (Å²) in [6.07, 6.45) is 4.19. The minimum absolute atomic E-state index is 0.0109. The van der Waals surface area contributed by atoms with E-state index in [4.69, 9.17) is 10.00 Å². The number of aryl methyl sites for hydroxylation is 1. The number of hydrogen-bond acceptors (Lipinski definition) is 3. The van der Waals surface area contributed by atoms with Crippen LogP contribution < -0.4 is 4.74 Å². The van der Waals surface area contributed by atoms with Gasteiger partial charge in [-0.25, -0.2) is 22.4 Å². The van der Waals surface area contributed by atoms with Crippen molar-refractivity contribution >= 4 is 27.5 Å². The van der Waals surface area contributed by atoms with Gasteiger partial charge in [-0.1, -0.05) is 50.1 Å². The lowest BCUT2D eigenvalue weighted by atomic mass is 9.96. The Balaban J connectivity index is 1.72. The minimum Gasteiger partial charge on any atom is -0.423 e. The molecule has 34 heavy (non-hydrogen) atoms. The largest absolute Gasteiger partial charge is 0.423 e. The zero-order chi connectivity index (χ0) is 24.4. The van der Waals surface area contributed by atoms with Crippen LogP contribution in [-0.2, 0) is 6.42 Å². The second-order valence-electron chi connectivity index (χ2n) is 7.98. The highest BCUT2D eigenvalue weighted by molar-refractivity contribution is 6.10. The quantitative estimate of drug-likeness (QED) is 0.0982. The third-order valence-electron chi connectivity index (χ3n) is 5.70. The van der Waals surface area contributed by atoms with Gasteiger partial charge < -0.3 is 4.74 Å². The Morgan fingerprint density at radius 1 is 0.882 bits per heavy atom. The molecule has 0 aromatic heterocycles. The third kappa shape index (κ3) is 4.32. The van der Waals surface area contributed by atoms with E-state index in [2.05, 4.69) is 6.92 Å². The number of rotatable bonds is 6.